The van der Waals surface area contributed by atoms with Gasteiger partial charge in [-0.05, 0) is 30.5 Å². The Balaban J connectivity index is 3.05. The molecule has 0 saturated heterocycles. The van der Waals surface area contributed by atoms with Crippen molar-refractivity contribution in [1.82, 2.24) is 0 Å². The van der Waals surface area contributed by atoms with Gasteiger partial charge in [-0.3, -0.25) is 4.79 Å². The highest BCUT2D eigenvalue weighted by Gasteiger charge is 2.23. The molecule has 0 N–H and O–H groups in total. The fraction of sp³-hybridized carbons (Fsp3) is 0.429. The number of hydrogen-bond donors (Lipinski definition) is 0. The maximum Gasteiger partial charge on any atom is 0.181 e. The van der Waals surface area contributed by atoms with Crippen molar-refractivity contribution in [2.75, 3.05) is 7.11 Å². The second-order valence-electron chi connectivity index (χ2n) is 4.52. The van der Waals surface area contributed by atoms with Crippen molar-refractivity contribution in [3.8, 4) is 11.8 Å². The molecule has 0 aromatic heterocycles. The van der Waals surface area contributed by atoms with Crippen LogP contribution in [0.5, 0.6) is 5.75 Å². The molecular formula is C14H16BrNO2. The largest absolute Gasteiger partial charge is 0.497 e. The van der Waals surface area contributed by atoms with Gasteiger partial charge in [0.05, 0.1) is 13.2 Å². The average Bonchev–Trinajstić information content (AvgIpc) is 2.35. The van der Waals surface area contributed by atoms with E-state index in [4.69, 9.17) is 10.00 Å². The number of carbonyl (C=O) groups is 1. The van der Waals surface area contributed by atoms with Crippen LogP contribution in [-0.2, 0) is 0 Å². The molecule has 0 spiro atoms. The molecule has 0 aliphatic heterocycles. The lowest BCUT2D eigenvalue weighted by molar-refractivity contribution is 0.0936. The zero-order chi connectivity index (χ0) is 13.7. The van der Waals surface area contributed by atoms with Crippen molar-refractivity contribution < 1.29 is 9.53 Å². The summed E-state index contributed by atoms with van der Waals surface area (Å²) in [4.78, 5) is 12.3. The van der Waals surface area contributed by atoms with E-state index in [0.29, 0.717) is 28.1 Å². The van der Waals surface area contributed by atoms with E-state index in [9.17, 15) is 4.79 Å². The van der Waals surface area contributed by atoms with Crippen LogP contribution in [0.2, 0.25) is 0 Å². The molecule has 0 bridgehead atoms. The van der Waals surface area contributed by atoms with E-state index < -0.39 is 5.92 Å². The highest BCUT2D eigenvalue weighted by molar-refractivity contribution is 9.10. The van der Waals surface area contributed by atoms with Crippen LogP contribution >= 0.6 is 15.9 Å². The van der Waals surface area contributed by atoms with E-state index in [2.05, 4.69) is 22.0 Å². The van der Waals surface area contributed by atoms with Crippen LogP contribution in [0.3, 0.4) is 0 Å². The molecule has 1 aromatic rings. The number of Topliss-reactive ketones (excluding diaryl/α,β-unsaturated/α-hetero) is 1. The molecule has 0 aliphatic carbocycles. The zero-order valence-electron chi connectivity index (χ0n) is 10.7. The first-order chi connectivity index (χ1) is 8.49. The quantitative estimate of drug-likeness (QED) is 0.777. The van der Waals surface area contributed by atoms with Crippen LogP contribution in [0.1, 0.15) is 30.6 Å². The second-order valence-corrected chi connectivity index (χ2v) is 5.38. The summed E-state index contributed by atoms with van der Waals surface area (Å²) in [5.74, 6) is 0.163. The number of carbonyl (C=O) groups excluding carboxylic acids is 1. The number of rotatable bonds is 5. The Morgan fingerprint density at radius 1 is 1.50 bits per heavy atom. The molecule has 0 radical (unpaired) electrons. The van der Waals surface area contributed by atoms with Crippen molar-refractivity contribution in [2.24, 2.45) is 11.8 Å². The summed E-state index contributed by atoms with van der Waals surface area (Å²) in [5.41, 5.74) is 0.501. The summed E-state index contributed by atoms with van der Waals surface area (Å²) in [5, 5.41) is 9.11. The standard InChI is InChI=1S/C14H16BrNO2/c1-9(2)6-10(8-16)14(17)12-7-11(18-3)4-5-13(12)15/h4-5,7,9-10H,6H2,1-3H3. The van der Waals surface area contributed by atoms with Crippen molar-refractivity contribution in [3.05, 3.63) is 28.2 Å². The predicted molar refractivity (Wildman–Crippen MR) is 73.6 cm³/mol. The van der Waals surface area contributed by atoms with Crippen LogP contribution in [0.4, 0.5) is 0 Å². The SMILES string of the molecule is COc1ccc(Br)c(C(=O)C(C#N)CC(C)C)c1. The van der Waals surface area contributed by atoms with E-state index in [0.717, 1.165) is 0 Å². The number of ether oxygens (including phenoxy) is 1. The zero-order valence-corrected chi connectivity index (χ0v) is 12.3. The van der Waals surface area contributed by atoms with Gasteiger partial charge >= 0.3 is 0 Å². The van der Waals surface area contributed by atoms with E-state index in [1.165, 1.54) is 0 Å². The van der Waals surface area contributed by atoms with Crippen LogP contribution in [0.15, 0.2) is 22.7 Å². The first-order valence-electron chi connectivity index (χ1n) is 5.77. The molecule has 0 fully saturated rings. The topological polar surface area (TPSA) is 50.1 Å². The number of halogens is 1. The van der Waals surface area contributed by atoms with Gasteiger partial charge in [0.1, 0.15) is 11.7 Å². The van der Waals surface area contributed by atoms with Crippen molar-refractivity contribution in [2.45, 2.75) is 20.3 Å². The lowest BCUT2D eigenvalue weighted by atomic mass is 9.91. The molecule has 3 nitrogen and oxygen atoms in total. The summed E-state index contributed by atoms with van der Waals surface area (Å²) in [7, 11) is 1.55. The molecule has 1 aromatic carbocycles. The van der Waals surface area contributed by atoms with Crippen LogP contribution in [0, 0.1) is 23.2 Å². The minimum Gasteiger partial charge on any atom is -0.497 e. The molecular weight excluding hydrogens is 294 g/mol. The third-order valence-electron chi connectivity index (χ3n) is 2.62. The van der Waals surface area contributed by atoms with Crippen LogP contribution in [-0.4, -0.2) is 12.9 Å². The normalized spacial score (nSPS) is 12.0. The summed E-state index contributed by atoms with van der Waals surface area (Å²) in [6, 6.07) is 7.28. The molecule has 0 aliphatic rings. The third kappa shape index (κ3) is 3.58. The van der Waals surface area contributed by atoms with Gasteiger partial charge in [0.2, 0.25) is 0 Å². The summed E-state index contributed by atoms with van der Waals surface area (Å²) >= 11 is 3.34. The summed E-state index contributed by atoms with van der Waals surface area (Å²) < 4.78 is 5.79. The number of nitrogens with zero attached hydrogens (tertiary/aromatic N) is 1. The maximum absolute atomic E-state index is 12.3. The van der Waals surface area contributed by atoms with Gasteiger partial charge in [-0.15, -0.1) is 0 Å². The lowest BCUT2D eigenvalue weighted by Crippen LogP contribution is -2.16. The molecule has 1 unspecified atom stereocenters. The van der Waals surface area contributed by atoms with Gasteiger partial charge < -0.3 is 4.74 Å². The second kappa shape index (κ2) is 6.55. The van der Waals surface area contributed by atoms with E-state index in [1.54, 1.807) is 25.3 Å². The van der Waals surface area contributed by atoms with Gasteiger partial charge in [-0.2, -0.15) is 5.26 Å². The fourth-order valence-corrected chi connectivity index (χ4v) is 2.14. The van der Waals surface area contributed by atoms with Crippen molar-refractivity contribution in [3.63, 3.8) is 0 Å². The Labute approximate surface area is 116 Å². The predicted octanol–water partition coefficient (Wildman–Crippen LogP) is 3.83. The molecule has 0 amide bonds. The molecule has 1 rings (SSSR count). The Hall–Kier alpha value is -1.34. The van der Waals surface area contributed by atoms with Gasteiger partial charge in [0.15, 0.2) is 5.78 Å². The van der Waals surface area contributed by atoms with Crippen molar-refractivity contribution >= 4 is 21.7 Å². The van der Waals surface area contributed by atoms with Crippen molar-refractivity contribution in [1.29, 1.82) is 5.26 Å². The minimum atomic E-state index is -0.603. The first kappa shape index (κ1) is 14.7. The van der Waals surface area contributed by atoms with E-state index in [-0.39, 0.29) is 5.78 Å². The first-order valence-corrected chi connectivity index (χ1v) is 6.56. The fourth-order valence-electron chi connectivity index (χ4n) is 1.70. The van der Waals surface area contributed by atoms with Gasteiger partial charge in [0, 0.05) is 10.0 Å². The summed E-state index contributed by atoms with van der Waals surface area (Å²) in [6.07, 6.45) is 0.568. The maximum atomic E-state index is 12.3. The molecule has 1 atom stereocenters. The number of methoxy groups -OCH3 is 1. The molecule has 0 heterocycles. The number of benzene rings is 1. The monoisotopic (exact) mass is 309 g/mol. The highest BCUT2D eigenvalue weighted by atomic mass is 79.9. The van der Waals surface area contributed by atoms with Gasteiger partial charge in [-0.25, -0.2) is 0 Å². The smallest absolute Gasteiger partial charge is 0.181 e. The average molecular weight is 310 g/mol. The number of hydrogen-bond acceptors (Lipinski definition) is 3. The molecule has 96 valence electrons. The highest BCUT2D eigenvalue weighted by Crippen LogP contribution is 2.26. The lowest BCUT2D eigenvalue weighted by Gasteiger charge is -2.12. The third-order valence-corrected chi connectivity index (χ3v) is 3.31. The van der Waals surface area contributed by atoms with Crippen LogP contribution < -0.4 is 4.74 Å². The Morgan fingerprint density at radius 2 is 2.17 bits per heavy atom. The summed E-state index contributed by atoms with van der Waals surface area (Å²) in [6.45, 7) is 4.00. The Kier molecular flexibility index (Phi) is 5.36. The van der Waals surface area contributed by atoms with Gasteiger partial charge in [-0.1, -0.05) is 29.8 Å². The van der Waals surface area contributed by atoms with E-state index in [1.807, 2.05) is 13.8 Å². The molecule has 18 heavy (non-hydrogen) atoms. The Bertz CT molecular complexity index is 477. The minimum absolute atomic E-state index is 0.156. The Morgan fingerprint density at radius 3 is 2.67 bits per heavy atom. The molecule has 4 heteroatoms. The number of ketones is 1. The van der Waals surface area contributed by atoms with Gasteiger partial charge in [0.25, 0.3) is 0 Å². The number of nitriles is 1. The van der Waals surface area contributed by atoms with Crippen LogP contribution in [0.25, 0.3) is 0 Å². The molecule has 0 saturated carbocycles. The van der Waals surface area contributed by atoms with E-state index >= 15 is 0 Å².